The molecule has 0 saturated heterocycles. The lowest BCUT2D eigenvalue weighted by Crippen LogP contribution is -2.48. The Kier molecular flexibility index (Phi) is 4.84. The summed E-state index contributed by atoms with van der Waals surface area (Å²) in [4.78, 5) is 12.2. The molecule has 0 N–H and O–H groups in total. The molecule has 0 aromatic heterocycles. The first-order valence-corrected chi connectivity index (χ1v) is 10.3. The molecule has 1 fully saturated rings. The van der Waals surface area contributed by atoms with Crippen LogP contribution in [0.1, 0.15) is 53.4 Å². The highest BCUT2D eigenvalue weighted by atomic mass is 28.4. The van der Waals surface area contributed by atoms with E-state index >= 15 is 0 Å². The fourth-order valence-electron chi connectivity index (χ4n) is 2.47. The number of carbonyl (C=O) groups is 1. The van der Waals surface area contributed by atoms with Crippen LogP contribution in [0.15, 0.2) is 12.7 Å². The lowest BCUT2D eigenvalue weighted by atomic mass is 9.81. The second-order valence-electron chi connectivity index (χ2n) is 7.57. The highest BCUT2D eigenvalue weighted by Gasteiger charge is 2.50. The zero-order chi connectivity index (χ0) is 14.9. The van der Waals surface area contributed by atoms with Gasteiger partial charge in [-0.05, 0) is 37.4 Å². The first kappa shape index (κ1) is 16.6. The number of ketones is 1. The summed E-state index contributed by atoms with van der Waals surface area (Å²) in [6, 6.07) is 0. The second-order valence-corrected chi connectivity index (χ2v) is 12.3. The van der Waals surface area contributed by atoms with Crippen molar-refractivity contribution in [2.75, 3.05) is 0 Å². The van der Waals surface area contributed by atoms with Gasteiger partial charge in [0.05, 0.1) is 11.5 Å². The molecule has 1 aliphatic carbocycles. The molecule has 19 heavy (non-hydrogen) atoms. The van der Waals surface area contributed by atoms with E-state index < -0.39 is 8.32 Å². The van der Waals surface area contributed by atoms with Crippen LogP contribution in [0.3, 0.4) is 0 Å². The smallest absolute Gasteiger partial charge is 0.192 e. The molecule has 0 amide bonds. The van der Waals surface area contributed by atoms with Crippen LogP contribution in [-0.4, -0.2) is 20.2 Å². The predicted molar refractivity (Wildman–Crippen MR) is 83.8 cm³/mol. The van der Waals surface area contributed by atoms with Gasteiger partial charge in [-0.25, -0.2) is 0 Å². The number of Topliss-reactive ketones (excluding diaryl/α,β-unsaturated/α-hetero) is 1. The van der Waals surface area contributed by atoms with Crippen molar-refractivity contribution in [3.8, 4) is 0 Å². The third kappa shape index (κ3) is 3.37. The van der Waals surface area contributed by atoms with Gasteiger partial charge in [-0.15, -0.1) is 6.58 Å². The Hall–Kier alpha value is -0.413. The molecule has 1 saturated carbocycles. The molecular weight excluding hydrogens is 252 g/mol. The summed E-state index contributed by atoms with van der Waals surface area (Å²) in [7, 11) is -1.81. The standard InChI is InChI=1S/C16H30O2Si/c1-8-9-12-16(5)13(17)10-11-14(16)18-19(6,7)15(2,3)4/h8,14H,1,9-12H2,2-7H3/t14-,16+/m0/s1. The highest BCUT2D eigenvalue weighted by molar-refractivity contribution is 6.74. The van der Waals surface area contributed by atoms with Gasteiger partial charge in [0.15, 0.2) is 8.32 Å². The molecule has 2 nitrogen and oxygen atoms in total. The second kappa shape index (κ2) is 5.53. The first-order valence-electron chi connectivity index (χ1n) is 7.36. The molecule has 110 valence electrons. The molecule has 0 aromatic rings. The third-order valence-electron chi connectivity index (χ3n) is 5.09. The minimum atomic E-state index is -1.81. The summed E-state index contributed by atoms with van der Waals surface area (Å²) < 4.78 is 6.53. The Morgan fingerprint density at radius 2 is 2.05 bits per heavy atom. The monoisotopic (exact) mass is 282 g/mol. The van der Waals surface area contributed by atoms with Crippen molar-refractivity contribution in [2.24, 2.45) is 5.41 Å². The Morgan fingerprint density at radius 1 is 1.47 bits per heavy atom. The molecular formula is C16H30O2Si. The minimum Gasteiger partial charge on any atom is -0.413 e. The van der Waals surface area contributed by atoms with Gasteiger partial charge in [0, 0.05) is 6.42 Å². The average molecular weight is 282 g/mol. The normalized spacial score (nSPS) is 28.7. The molecule has 0 spiro atoms. The van der Waals surface area contributed by atoms with Crippen molar-refractivity contribution < 1.29 is 9.22 Å². The van der Waals surface area contributed by atoms with Crippen LogP contribution in [0.25, 0.3) is 0 Å². The van der Waals surface area contributed by atoms with Gasteiger partial charge >= 0.3 is 0 Å². The Bertz CT molecular complexity index is 354. The topological polar surface area (TPSA) is 26.3 Å². The molecule has 1 rings (SSSR count). The maximum absolute atomic E-state index is 12.2. The molecule has 0 unspecified atom stereocenters. The van der Waals surface area contributed by atoms with E-state index in [1.165, 1.54) is 0 Å². The Labute approximate surface area is 119 Å². The molecule has 0 heterocycles. The molecule has 2 atom stereocenters. The summed E-state index contributed by atoms with van der Waals surface area (Å²) in [5.41, 5.74) is -0.302. The number of hydrogen-bond acceptors (Lipinski definition) is 2. The van der Waals surface area contributed by atoms with Gasteiger partial charge in [0.25, 0.3) is 0 Å². The van der Waals surface area contributed by atoms with E-state index in [1.54, 1.807) is 0 Å². The van der Waals surface area contributed by atoms with Gasteiger partial charge in [0.2, 0.25) is 0 Å². The summed E-state index contributed by atoms with van der Waals surface area (Å²) in [6.07, 6.45) is 5.32. The minimum absolute atomic E-state index is 0.0980. The summed E-state index contributed by atoms with van der Waals surface area (Å²) in [5.74, 6) is 0.373. The fourth-order valence-corrected chi connectivity index (χ4v) is 3.91. The molecule has 0 aliphatic heterocycles. The maximum Gasteiger partial charge on any atom is 0.192 e. The van der Waals surface area contributed by atoms with Crippen LogP contribution in [0.4, 0.5) is 0 Å². The Balaban J connectivity index is 2.88. The van der Waals surface area contributed by atoms with Crippen molar-refractivity contribution >= 4 is 14.1 Å². The Morgan fingerprint density at radius 3 is 2.53 bits per heavy atom. The van der Waals surface area contributed by atoms with Crippen molar-refractivity contribution in [1.29, 1.82) is 0 Å². The third-order valence-corrected chi connectivity index (χ3v) is 9.58. The van der Waals surface area contributed by atoms with Crippen LogP contribution in [0.2, 0.25) is 18.1 Å². The van der Waals surface area contributed by atoms with E-state index in [0.29, 0.717) is 12.2 Å². The molecule has 0 bridgehead atoms. The van der Waals surface area contributed by atoms with E-state index in [9.17, 15) is 4.79 Å². The SMILES string of the molecule is C=CCC[C@]1(C)C(=O)CC[C@@H]1O[Si](C)(C)C(C)(C)C. The first-order chi connectivity index (χ1) is 8.54. The molecule has 3 heteroatoms. The zero-order valence-corrected chi connectivity index (χ0v) is 14.5. The largest absolute Gasteiger partial charge is 0.413 e. The quantitative estimate of drug-likeness (QED) is 0.539. The highest BCUT2D eigenvalue weighted by Crippen LogP contribution is 2.46. The van der Waals surface area contributed by atoms with Gasteiger partial charge < -0.3 is 4.43 Å². The average Bonchev–Trinajstić information content (AvgIpc) is 2.53. The summed E-state index contributed by atoms with van der Waals surface area (Å²) in [5, 5.41) is 0.192. The van der Waals surface area contributed by atoms with Gasteiger partial charge in [-0.2, -0.15) is 0 Å². The van der Waals surface area contributed by atoms with Crippen LogP contribution in [-0.2, 0) is 9.22 Å². The molecule has 0 aromatic carbocycles. The van der Waals surface area contributed by atoms with Crippen LogP contribution >= 0.6 is 0 Å². The van der Waals surface area contributed by atoms with E-state index in [4.69, 9.17) is 4.43 Å². The fraction of sp³-hybridized carbons (Fsp3) is 0.812. The van der Waals surface area contributed by atoms with Crippen molar-refractivity contribution in [1.82, 2.24) is 0 Å². The van der Waals surface area contributed by atoms with Gasteiger partial charge in [0.1, 0.15) is 5.78 Å². The lowest BCUT2D eigenvalue weighted by molar-refractivity contribution is -0.128. The number of carbonyl (C=O) groups excluding carboxylic acids is 1. The van der Waals surface area contributed by atoms with Crippen LogP contribution < -0.4 is 0 Å². The van der Waals surface area contributed by atoms with E-state index in [1.807, 2.05) is 6.08 Å². The van der Waals surface area contributed by atoms with Gasteiger partial charge in [-0.3, -0.25) is 4.79 Å². The van der Waals surface area contributed by atoms with Crippen molar-refractivity contribution in [3.63, 3.8) is 0 Å². The van der Waals surface area contributed by atoms with Gasteiger partial charge in [-0.1, -0.05) is 33.8 Å². The predicted octanol–water partition coefficient (Wildman–Crippen LogP) is 4.71. The number of allylic oxidation sites excluding steroid dienone is 1. The van der Waals surface area contributed by atoms with E-state index in [2.05, 4.69) is 47.4 Å². The lowest BCUT2D eigenvalue weighted by Gasteiger charge is -2.42. The van der Waals surface area contributed by atoms with Crippen molar-refractivity contribution in [2.45, 2.75) is 77.6 Å². The zero-order valence-electron chi connectivity index (χ0n) is 13.5. The van der Waals surface area contributed by atoms with Crippen LogP contribution in [0.5, 0.6) is 0 Å². The number of hydrogen-bond donors (Lipinski definition) is 0. The maximum atomic E-state index is 12.2. The van der Waals surface area contributed by atoms with E-state index in [0.717, 1.165) is 19.3 Å². The number of rotatable bonds is 5. The van der Waals surface area contributed by atoms with Crippen LogP contribution in [0, 0.1) is 5.41 Å². The van der Waals surface area contributed by atoms with Crippen molar-refractivity contribution in [3.05, 3.63) is 12.7 Å². The molecule has 0 radical (unpaired) electrons. The van der Waals surface area contributed by atoms with E-state index in [-0.39, 0.29) is 16.6 Å². The summed E-state index contributed by atoms with van der Waals surface area (Å²) >= 11 is 0. The summed E-state index contributed by atoms with van der Waals surface area (Å²) in [6.45, 7) is 17.1. The molecule has 1 aliphatic rings.